The highest BCUT2D eigenvalue weighted by atomic mass is 15.0. The molecular formula is C17H15N. The van der Waals surface area contributed by atoms with Crippen molar-refractivity contribution in [3.8, 4) is 0 Å². The van der Waals surface area contributed by atoms with Crippen molar-refractivity contribution in [2.75, 3.05) is 0 Å². The largest absolute Gasteiger partial charge is 0.327 e. The first-order valence-electron chi connectivity index (χ1n) is 6.47. The Kier molecular flexibility index (Phi) is 1.80. The molecule has 1 atom stereocenters. The van der Waals surface area contributed by atoms with E-state index in [1.165, 1.54) is 33.3 Å². The molecule has 0 amide bonds. The van der Waals surface area contributed by atoms with Gasteiger partial charge in [-0.15, -0.1) is 0 Å². The predicted molar refractivity (Wildman–Crippen MR) is 74.4 cm³/mol. The number of aromatic nitrogens is 1. The van der Waals surface area contributed by atoms with Crippen molar-refractivity contribution >= 4 is 21.7 Å². The molecule has 1 aliphatic heterocycles. The molecule has 4 rings (SSSR count). The molecule has 1 unspecified atom stereocenters. The van der Waals surface area contributed by atoms with Crippen LogP contribution >= 0.6 is 0 Å². The van der Waals surface area contributed by atoms with Crippen LogP contribution in [0.1, 0.15) is 25.3 Å². The van der Waals surface area contributed by atoms with Gasteiger partial charge in [0.1, 0.15) is 5.52 Å². The highest BCUT2D eigenvalue weighted by molar-refractivity contribution is 6.06. The van der Waals surface area contributed by atoms with Gasteiger partial charge in [-0.3, -0.25) is 0 Å². The fraction of sp³-hybridized carbons (Fsp3) is 0.176. The maximum absolute atomic E-state index is 2.36. The van der Waals surface area contributed by atoms with E-state index in [0.29, 0.717) is 5.92 Å². The van der Waals surface area contributed by atoms with Crippen molar-refractivity contribution < 1.29 is 4.57 Å². The van der Waals surface area contributed by atoms with Gasteiger partial charge in [-0.25, -0.2) is 0 Å². The van der Waals surface area contributed by atoms with Crippen LogP contribution < -0.4 is 4.57 Å². The Hall–Kier alpha value is -2.02. The zero-order chi connectivity index (χ0) is 12.3. The van der Waals surface area contributed by atoms with Crippen LogP contribution in [0.15, 0.2) is 48.7 Å². The summed E-state index contributed by atoms with van der Waals surface area (Å²) >= 11 is 0. The summed E-state index contributed by atoms with van der Waals surface area (Å²) in [5.41, 5.74) is 2.82. The lowest BCUT2D eigenvalue weighted by Gasteiger charge is -2.30. The van der Waals surface area contributed by atoms with Crippen molar-refractivity contribution in [2.45, 2.75) is 19.8 Å². The molecule has 0 bridgehead atoms. The predicted octanol–water partition coefficient (Wildman–Crippen LogP) is 3.80. The molecule has 0 saturated heterocycles. The quantitative estimate of drug-likeness (QED) is 0.316. The van der Waals surface area contributed by atoms with Crippen LogP contribution in [-0.2, 0) is 0 Å². The molecule has 0 saturated carbocycles. The first-order valence-corrected chi connectivity index (χ1v) is 6.47. The van der Waals surface area contributed by atoms with Crippen LogP contribution in [0.5, 0.6) is 0 Å². The fourth-order valence-electron chi connectivity index (χ4n) is 3.19. The number of nitrogens with zero attached hydrogens (tertiary/aromatic N) is 1. The Morgan fingerprint density at radius 2 is 1.78 bits per heavy atom. The molecule has 0 aliphatic carbocycles. The van der Waals surface area contributed by atoms with Crippen molar-refractivity contribution in [3.05, 3.63) is 60.3 Å². The first-order chi connectivity index (χ1) is 8.77. The van der Waals surface area contributed by atoms with Gasteiger partial charge in [0.25, 0.3) is 0 Å². The molecule has 1 nitrogen and oxygen atoms in total. The van der Waals surface area contributed by atoms with Crippen molar-refractivity contribution in [1.82, 2.24) is 0 Å². The molecule has 1 aliphatic rings. The van der Waals surface area contributed by atoms with Crippen LogP contribution in [0, 0.1) is 6.04 Å². The molecule has 3 aromatic rings. The Balaban J connectivity index is 2.36. The van der Waals surface area contributed by atoms with E-state index >= 15 is 0 Å². The zero-order valence-corrected chi connectivity index (χ0v) is 10.6. The van der Waals surface area contributed by atoms with Crippen LogP contribution in [0.25, 0.3) is 21.7 Å². The second-order valence-electron chi connectivity index (χ2n) is 5.19. The minimum Gasteiger partial charge on any atom is -0.327 e. The number of rotatable bonds is 0. The Morgan fingerprint density at radius 1 is 1.00 bits per heavy atom. The van der Waals surface area contributed by atoms with E-state index in [1.807, 2.05) is 0 Å². The van der Waals surface area contributed by atoms with Gasteiger partial charge < -0.3 is 4.57 Å². The molecule has 1 aromatic heterocycles. The second kappa shape index (κ2) is 3.26. The molecule has 2 aromatic carbocycles. The summed E-state index contributed by atoms with van der Waals surface area (Å²) in [6, 6.07) is 16.9. The van der Waals surface area contributed by atoms with Gasteiger partial charge >= 0.3 is 0 Å². The maximum Gasteiger partial charge on any atom is 0.120 e. The SMILES string of the molecule is C[C-]1C(C)c2cccc3ccc4ccc[n+]1c4c23. The number of benzene rings is 2. The minimum atomic E-state index is 0.485. The Bertz CT molecular complexity index is 706. The Morgan fingerprint density at radius 3 is 2.67 bits per heavy atom. The highest BCUT2D eigenvalue weighted by Crippen LogP contribution is 2.37. The molecule has 0 radical (unpaired) electrons. The van der Waals surface area contributed by atoms with E-state index in [-0.39, 0.29) is 0 Å². The number of pyridine rings is 1. The zero-order valence-electron chi connectivity index (χ0n) is 10.6. The minimum absolute atomic E-state index is 0.485. The maximum atomic E-state index is 2.36. The topological polar surface area (TPSA) is 3.88 Å². The standard InChI is InChI=1S/C17H15N/c1-11-12(2)18-10-4-6-14-9-8-13-5-3-7-15(11)16(13)17(14)18/h3-11H,1-2H3. The van der Waals surface area contributed by atoms with E-state index in [4.69, 9.17) is 0 Å². The summed E-state index contributed by atoms with van der Waals surface area (Å²) in [6.45, 7) is 4.53. The Labute approximate surface area is 107 Å². The smallest absolute Gasteiger partial charge is 0.120 e. The van der Waals surface area contributed by atoms with Crippen molar-refractivity contribution in [2.24, 2.45) is 0 Å². The van der Waals surface area contributed by atoms with E-state index in [1.54, 1.807) is 0 Å². The average Bonchev–Trinajstić information content (AvgIpc) is 2.43. The lowest BCUT2D eigenvalue weighted by molar-refractivity contribution is -0.633. The van der Waals surface area contributed by atoms with Gasteiger partial charge in [0.15, 0.2) is 0 Å². The second-order valence-corrected chi connectivity index (χ2v) is 5.19. The third kappa shape index (κ3) is 1.07. The number of hydrogen-bond acceptors (Lipinski definition) is 0. The van der Waals surface area contributed by atoms with Crippen LogP contribution in [0.2, 0.25) is 0 Å². The monoisotopic (exact) mass is 233 g/mol. The van der Waals surface area contributed by atoms with E-state index in [2.05, 4.69) is 67.1 Å². The summed E-state index contributed by atoms with van der Waals surface area (Å²) in [7, 11) is 0. The average molecular weight is 233 g/mol. The third-order valence-corrected chi connectivity index (χ3v) is 4.31. The number of hydrogen-bond donors (Lipinski definition) is 0. The highest BCUT2D eigenvalue weighted by Gasteiger charge is 2.26. The van der Waals surface area contributed by atoms with Crippen LogP contribution in [-0.4, -0.2) is 0 Å². The normalized spacial score (nSPS) is 17.9. The van der Waals surface area contributed by atoms with E-state index in [0.717, 1.165) is 0 Å². The molecule has 0 spiro atoms. The lowest BCUT2D eigenvalue weighted by atomic mass is 9.85. The van der Waals surface area contributed by atoms with E-state index in [9.17, 15) is 0 Å². The molecule has 2 heterocycles. The summed E-state index contributed by atoms with van der Waals surface area (Å²) in [5.74, 6) is 0.485. The molecule has 18 heavy (non-hydrogen) atoms. The molecule has 0 N–H and O–H groups in total. The lowest BCUT2D eigenvalue weighted by Crippen LogP contribution is -2.44. The van der Waals surface area contributed by atoms with Crippen molar-refractivity contribution in [3.63, 3.8) is 0 Å². The molecule has 1 heteroatoms. The summed E-state index contributed by atoms with van der Waals surface area (Å²) in [4.78, 5) is 0. The first kappa shape index (κ1) is 9.95. The van der Waals surface area contributed by atoms with Gasteiger partial charge in [-0.1, -0.05) is 49.4 Å². The summed E-state index contributed by atoms with van der Waals surface area (Å²) in [6.07, 6.45) is 2.18. The van der Waals surface area contributed by atoms with Gasteiger partial charge in [-0.05, 0) is 23.3 Å². The fourth-order valence-corrected chi connectivity index (χ4v) is 3.19. The van der Waals surface area contributed by atoms with Gasteiger partial charge in [0.2, 0.25) is 0 Å². The molecule has 88 valence electrons. The third-order valence-electron chi connectivity index (χ3n) is 4.31. The molecular weight excluding hydrogens is 218 g/mol. The summed E-state index contributed by atoms with van der Waals surface area (Å²) in [5, 5.41) is 4.09. The summed E-state index contributed by atoms with van der Waals surface area (Å²) < 4.78 is 2.36. The van der Waals surface area contributed by atoms with Gasteiger partial charge in [0.05, 0.1) is 12.2 Å². The van der Waals surface area contributed by atoms with Crippen LogP contribution in [0.4, 0.5) is 0 Å². The van der Waals surface area contributed by atoms with Crippen molar-refractivity contribution in [1.29, 1.82) is 0 Å². The van der Waals surface area contributed by atoms with Gasteiger partial charge in [-0.2, -0.15) is 0 Å². The van der Waals surface area contributed by atoms with Crippen LogP contribution in [0.3, 0.4) is 0 Å². The van der Waals surface area contributed by atoms with Gasteiger partial charge in [0, 0.05) is 11.3 Å². The molecule has 0 fully saturated rings. The van der Waals surface area contributed by atoms with E-state index < -0.39 is 0 Å².